The van der Waals surface area contributed by atoms with Crippen LogP contribution >= 0.6 is 15.9 Å². The van der Waals surface area contributed by atoms with Crippen molar-refractivity contribution in [1.29, 1.82) is 0 Å². The van der Waals surface area contributed by atoms with E-state index in [1.807, 2.05) is 51.2 Å². The lowest BCUT2D eigenvalue weighted by atomic mass is 9.94. The lowest BCUT2D eigenvalue weighted by Crippen LogP contribution is -2.29. The number of nitrogens with zero attached hydrogens (tertiary/aromatic N) is 3. The molecule has 190 valence electrons. The molecule has 0 atom stereocenters. The number of amides is 1. The quantitative estimate of drug-likeness (QED) is 0.143. The van der Waals surface area contributed by atoms with Gasteiger partial charge >= 0.3 is 6.02 Å². The maximum Gasteiger partial charge on any atom is 0.305 e. The van der Waals surface area contributed by atoms with Crippen LogP contribution in [0.25, 0.3) is 33.6 Å². The Kier molecular flexibility index (Phi) is 6.45. The first kappa shape index (κ1) is 25.0. The molecule has 4 aromatic carbocycles. The number of aromatic nitrogens is 1. The molecule has 1 aliphatic rings. The number of aryl methyl sites for hydroxylation is 1. The Morgan fingerprint density at radius 3 is 2.49 bits per heavy atom. The van der Waals surface area contributed by atoms with E-state index in [1.54, 1.807) is 12.2 Å². The Bertz CT molecular complexity index is 1820. The van der Waals surface area contributed by atoms with E-state index in [4.69, 9.17) is 9.73 Å². The molecule has 0 bridgehead atoms. The zero-order valence-corrected chi connectivity index (χ0v) is 23.3. The summed E-state index contributed by atoms with van der Waals surface area (Å²) < 4.78 is 9.18. The molecular formula is C32H25BBrN3O2. The number of fused-ring (bicyclic) bond motifs is 3. The van der Waals surface area contributed by atoms with Crippen LogP contribution in [0.4, 0.5) is 5.69 Å². The van der Waals surface area contributed by atoms with Gasteiger partial charge in [-0.1, -0.05) is 66.1 Å². The Balaban J connectivity index is 1.44. The van der Waals surface area contributed by atoms with Crippen LogP contribution < -0.4 is 5.46 Å². The Morgan fingerprint density at radius 1 is 0.974 bits per heavy atom. The molecule has 0 spiro atoms. The molecule has 7 heteroatoms. The third kappa shape index (κ3) is 4.49. The summed E-state index contributed by atoms with van der Waals surface area (Å²) in [6.07, 6.45) is 3.45. The van der Waals surface area contributed by atoms with Gasteiger partial charge in [-0.05, 0) is 70.4 Å². The molecule has 1 saturated heterocycles. The fraction of sp³-hybridized carbons (Fsp3) is 0.0625. The van der Waals surface area contributed by atoms with E-state index in [0.29, 0.717) is 6.54 Å². The Labute approximate surface area is 236 Å². The molecule has 0 unspecified atom stereocenters. The highest BCUT2D eigenvalue weighted by atomic mass is 79.9. The molecule has 6 rings (SSSR count). The van der Waals surface area contributed by atoms with Crippen LogP contribution in [0.3, 0.4) is 0 Å². The predicted molar refractivity (Wildman–Crippen MR) is 166 cm³/mol. The molecular weight excluding hydrogens is 549 g/mol. The number of ether oxygens (including phenoxy) is 1. The topological polar surface area (TPSA) is 46.8 Å². The first-order valence-electron chi connectivity index (χ1n) is 12.7. The van der Waals surface area contributed by atoms with E-state index >= 15 is 0 Å². The molecule has 1 fully saturated rings. The summed E-state index contributed by atoms with van der Waals surface area (Å²) >= 11 is 3.61. The number of carbonyl (C=O) groups excluding carboxylic acids is 1. The van der Waals surface area contributed by atoms with Crippen LogP contribution in [0.5, 0.6) is 0 Å². The van der Waals surface area contributed by atoms with Crippen molar-refractivity contribution in [3.8, 4) is 5.69 Å². The van der Waals surface area contributed by atoms with Gasteiger partial charge in [0.15, 0.2) is 5.76 Å². The number of carbonyl (C=O) groups is 1. The van der Waals surface area contributed by atoms with Crippen molar-refractivity contribution in [2.45, 2.75) is 6.92 Å². The monoisotopic (exact) mass is 573 g/mol. The summed E-state index contributed by atoms with van der Waals surface area (Å²) in [7, 11) is 2.03. The van der Waals surface area contributed by atoms with E-state index in [0.717, 1.165) is 54.2 Å². The van der Waals surface area contributed by atoms with Crippen molar-refractivity contribution < 1.29 is 9.53 Å². The second-order valence-electron chi connectivity index (χ2n) is 9.59. The third-order valence-electron chi connectivity index (χ3n) is 6.81. The summed E-state index contributed by atoms with van der Waals surface area (Å²) in [5.41, 5.74) is 7.03. The molecule has 5 aromatic rings. The van der Waals surface area contributed by atoms with Crippen molar-refractivity contribution in [3.63, 3.8) is 0 Å². The number of hydrogen-bond acceptors (Lipinski definition) is 3. The third-order valence-corrected chi connectivity index (χ3v) is 7.42. The van der Waals surface area contributed by atoms with Gasteiger partial charge in [0.1, 0.15) is 7.85 Å². The standard InChI is InChI=1S/C32H25BBrN3O2/c1-3-15-36-31(38)29(39-32(36)35-30-20(2)16-22(33)19-26(30)34)18-21-13-14-28-25(17-21)24-11-7-8-12-27(24)37(28)23-9-5-4-6-10-23/h3-14,16-19H,1,15,33H2,2H3/b29-18+,35-32-. The largest absolute Gasteiger partial charge is 0.419 e. The van der Waals surface area contributed by atoms with Gasteiger partial charge in [-0.25, -0.2) is 0 Å². The molecule has 0 N–H and O–H groups in total. The number of rotatable bonds is 5. The van der Waals surface area contributed by atoms with Crippen LogP contribution in [-0.4, -0.2) is 35.8 Å². The van der Waals surface area contributed by atoms with Crippen LogP contribution in [0.15, 0.2) is 113 Å². The second-order valence-corrected chi connectivity index (χ2v) is 10.4. The van der Waals surface area contributed by atoms with Crippen molar-refractivity contribution in [2.24, 2.45) is 4.99 Å². The molecule has 0 aliphatic carbocycles. The van der Waals surface area contributed by atoms with Gasteiger partial charge in [0.25, 0.3) is 5.91 Å². The van der Waals surface area contributed by atoms with Crippen LogP contribution in [0.1, 0.15) is 11.1 Å². The lowest BCUT2D eigenvalue weighted by Gasteiger charge is -2.12. The molecule has 1 aromatic heterocycles. The maximum atomic E-state index is 13.4. The zero-order chi connectivity index (χ0) is 27.1. The van der Waals surface area contributed by atoms with Crippen molar-refractivity contribution in [3.05, 3.63) is 119 Å². The minimum Gasteiger partial charge on any atom is -0.419 e. The fourth-order valence-corrected chi connectivity index (χ4v) is 5.88. The average molecular weight is 574 g/mol. The smallest absolute Gasteiger partial charge is 0.305 e. The zero-order valence-electron chi connectivity index (χ0n) is 21.7. The molecule has 0 radical (unpaired) electrons. The number of hydrogen-bond donors (Lipinski definition) is 0. The number of benzene rings is 4. The summed E-state index contributed by atoms with van der Waals surface area (Å²) in [5.74, 6) is -0.0241. The summed E-state index contributed by atoms with van der Waals surface area (Å²) in [5, 5.41) is 2.25. The number of para-hydroxylation sites is 2. The van der Waals surface area contributed by atoms with Gasteiger partial charge in [-0.15, -0.1) is 6.58 Å². The number of halogens is 1. The second kappa shape index (κ2) is 10.1. The molecule has 5 nitrogen and oxygen atoms in total. The van der Waals surface area contributed by atoms with E-state index in [1.165, 1.54) is 4.90 Å². The van der Waals surface area contributed by atoms with Crippen molar-refractivity contribution in [2.75, 3.05) is 6.54 Å². The summed E-state index contributed by atoms with van der Waals surface area (Å²) in [6.45, 7) is 6.09. The predicted octanol–water partition coefficient (Wildman–Crippen LogP) is 6.19. The molecule has 1 aliphatic heterocycles. The van der Waals surface area contributed by atoms with E-state index in [-0.39, 0.29) is 17.7 Å². The van der Waals surface area contributed by atoms with Gasteiger partial charge in [-0.3, -0.25) is 9.69 Å². The molecule has 1 amide bonds. The normalized spacial score (nSPS) is 15.5. The van der Waals surface area contributed by atoms with Gasteiger partial charge in [0.05, 0.1) is 16.7 Å². The van der Waals surface area contributed by atoms with Gasteiger partial charge in [0.2, 0.25) is 0 Å². The fourth-order valence-electron chi connectivity index (χ4n) is 5.11. The molecule has 39 heavy (non-hydrogen) atoms. The maximum absolute atomic E-state index is 13.4. The van der Waals surface area contributed by atoms with Crippen LogP contribution in [-0.2, 0) is 9.53 Å². The Morgan fingerprint density at radius 2 is 1.72 bits per heavy atom. The van der Waals surface area contributed by atoms with Crippen molar-refractivity contribution in [1.82, 2.24) is 9.47 Å². The van der Waals surface area contributed by atoms with E-state index in [2.05, 4.69) is 75.6 Å². The van der Waals surface area contributed by atoms with Crippen molar-refractivity contribution >= 4 is 74.7 Å². The first-order chi connectivity index (χ1) is 18.9. The van der Waals surface area contributed by atoms with Gasteiger partial charge in [0, 0.05) is 27.5 Å². The van der Waals surface area contributed by atoms with Gasteiger partial charge < -0.3 is 9.30 Å². The first-order valence-corrected chi connectivity index (χ1v) is 13.5. The van der Waals surface area contributed by atoms with E-state index < -0.39 is 0 Å². The van der Waals surface area contributed by atoms with Crippen LogP contribution in [0.2, 0.25) is 0 Å². The van der Waals surface area contributed by atoms with Crippen LogP contribution in [0, 0.1) is 6.92 Å². The highest BCUT2D eigenvalue weighted by Gasteiger charge is 2.34. The highest BCUT2D eigenvalue weighted by Crippen LogP contribution is 2.34. The van der Waals surface area contributed by atoms with Gasteiger partial charge in [-0.2, -0.15) is 4.99 Å². The minimum absolute atomic E-state index is 0.225. The number of aliphatic imine (C=N–C) groups is 1. The molecule has 2 heterocycles. The number of amidine groups is 1. The molecule has 0 saturated carbocycles. The SMILES string of the molecule is Bc1cc(C)c(/N=C2\O/C(=C/c3ccc4c(c3)c3ccccc3n4-c3ccccc3)C(=O)N2CC=C)c(Br)c1. The Hall–Kier alpha value is -4.36. The summed E-state index contributed by atoms with van der Waals surface area (Å²) in [4.78, 5) is 19.6. The van der Waals surface area contributed by atoms with E-state index in [9.17, 15) is 4.79 Å². The lowest BCUT2D eigenvalue weighted by molar-refractivity contribution is -0.122. The summed E-state index contributed by atoms with van der Waals surface area (Å²) in [6, 6.07) is 29.2. The minimum atomic E-state index is -0.249. The highest BCUT2D eigenvalue weighted by molar-refractivity contribution is 9.10. The average Bonchev–Trinajstić information content (AvgIpc) is 3.41.